The molecule has 1 aromatic rings. The first-order valence-electron chi connectivity index (χ1n) is 5.87. The summed E-state index contributed by atoms with van der Waals surface area (Å²) >= 11 is 11.9. The van der Waals surface area contributed by atoms with Crippen LogP contribution in [0.3, 0.4) is 0 Å². The molecular weight excluding hydrogens is 291 g/mol. The van der Waals surface area contributed by atoms with Crippen LogP contribution in [0.15, 0.2) is 12.1 Å². The van der Waals surface area contributed by atoms with Gasteiger partial charge in [0, 0.05) is 11.4 Å². The van der Waals surface area contributed by atoms with E-state index in [1.807, 2.05) is 0 Å². The van der Waals surface area contributed by atoms with Gasteiger partial charge in [-0.15, -0.1) is 0 Å². The summed E-state index contributed by atoms with van der Waals surface area (Å²) in [7, 11) is 0. The summed E-state index contributed by atoms with van der Waals surface area (Å²) in [5, 5.41) is 0.588. The van der Waals surface area contributed by atoms with Crippen molar-refractivity contribution in [2.24, 2.45) is 5.92 Å². The summed E-state index contributed by atoms with van der Waals surface area (Å²) in [6.45, 7) is 2.15. The van der Waals surface area contributed by atoms with Crippen molar-refractivity contribution < 1.29 is 19.1 Å². The number of carbonyl (C=O) groups is 2. The third kappa shape index (κ3) is 2.85. The summed E-state index contributed by atoms with van der Waals surface area (Å²) in [5.41, 5.74) is 0.230. The molecule has 1 aromatic carbocycles. The number of benzene rings is 1. The van der Waals surface area contributed by atoms with Crippen LogP contribution in [0, 0.1) is 5.92 Å². The maximum atomic E-state index is 12.4. The molecule has 0 spiro atoms. The van der Waals surface area contributed by atoms with Gasteiger partial charge in [-0.2, -0.15) is 0 Å². The first-order valence-corrected chi connectivity index (χ1v) is 6.63. The highest BCUT2D eigenvalue weighted by atomic mass is 35.5. The van der Waals surface area contributed by atoms with E-state index >= 15 is 0 Å². The second-order valence-electron chi connectivity index (χ2n) is 4.07. The summed E-state index contributed by atoms with van der Waals surface area (Å²) in [6.07, 6.45) is 0.264. The quantitative estimate of drug-likeness (QED) is 0.622. The zero-order chi connectivity index (χ0) is 14.0. The molecule has 1 unspecified atom stereocenters. The minimum absolute atomic E-state index is 0.226. The molecule has 0 radical (unpaired) electrons. The van der Waals surface area contributed by atoms with Crippen LogP contribution in [0.25, 0.3) is 0 Å². The van der Waals surface area contributed by atoms with Gasteiger partial charge in [0.25, 0.3) is 0 Å². The predicted octanol–water partition coefficient (Wildman–Crippen LogP) is 3.14. The number of ketones is 1. The van der Waals surface area contributed by atoms with Gasteiger partial charge < -0.3 is 9.47 Å². The lowest BCUT2D eigenvalue weighted by Gasteiger charge is -2.11. The monoisotopic (exact) mass is 302 g/mol. The Labute approximate surface area is 120 Å². The molecule has 4 nitrogen and oxygen atoms in total. The lowest BCUT2D eigenvalue weighted by Crippen LogP contribution is -2.26. The van der Waals surface area contributed by atoms with Gasteiger partial charge in [0.05, 0.1) is 23.8 Å². The Hall–Kier alpha value is -1.26. The Morgan fingerprint density at radius 2 is 2.21 bits per heavy atom. The Bertz CT molecular complexity index is 528. The molecule has 0 aromatic heterocycles. The molecule has 19 heavy (non-hydrogen) atoms. The highest BCUT2D eigenvalue weighted by molar-refractivity contribution is 6.36. The average molecular weight is 303 g/mol. The third-order valence-corrected chi connectivity index (χ3v) is 3.31. The Morgan fingerprint density at radius 3 is 2.89 bits per heavy atom. The number of esters is 1. The second kappa shape index (κ2) is 5.80. The van der Waals surface area contributed by atoms with Crippen molar-refractivity contribution in [2.45, 2.75) is 13.3 Å². The molecule has 1 atom stereocenters. The number of halogens is 2. The maximum absolute atomic E-state index is 12.4. The molecule has 0 fully saturated rings. The van der Waals surface area contributed by atoms with Gasteiger partial charge in [-0.25, -0.2) is 0 Å². The van der Waals surface area contributed by atoms with Crippen LogP contribution < -0.4 is 4.74 Å². The molecule has 0 saturated heterocycles. The van der Waals surface area contributed by atoms with Gasteiger partial charge in [-0.3, -0.25) is 9.59 Å². The number of Topliss-reactive ketones (excluding diaryl/α,β-unsaturated/α-hetero) is 1. The first kappa shape index (κ1) is 14.2. The lowest BCUT2D eigenvalue weighted by molar-refractivity contribution is -0.146. The van der Waals surface area contributed by atoms with Gasteiger partial charge in [-0.1, -0.05) is 23.2 Å². The number of hydrogen-bond donors (Lipinski definition) is 0. The second-order valence-corrected chi connectivity index (χ2v) is 4.91. The molecule has 6 heteroatoms. The minimum atomic E-state index is -0.865. The molecule has 1 aliphatic rings. The standard InChI is InChI=1S/C13H12Cl2O4/c1-2-18-13(17)8-3-4-19-12-9(11(8)16)5-7(14)6-10(12)15/h5-6,8H,2-4H2,1H3. The lowest BCUT2D eigenvalue weighted by atomic mass is 9.95. The number of rotatable bonds is 2. The smallest absolute Gasteiger partial charge is 0.316 e. The molecule has 0 aliphatic carbocycles. The SMILES string of the molecule is CCOC(=O)C1CCOc2c(Cl)cc(Cl)cc2C1=O. The Morgan fingerprint density at radius 1 is 1.47 bits per heavy atom. The van der Waals surface area contributed by atoms with Crippen molar-refractivity contribution in [2.75, 3.05) is 13.2 Å². The zero-order valence-electron chi connectivity index (χ0n) is 10.2. The molecule has 1 heterocycles. The van der Waals surface area contributed by atoms with Crippen molar-refractivity contribution in [1.82, 2.24) is 0 Å². The van der Waals surface area contributed by atoms with Crippen LogP contribution in [0.2, 0.25) is 10.0 Å². The number of ether oxygens (including phenoxy) is 2. The molecule has 2 rings (SSSR count). The Balaban J connectivity index is 2.41. The molecule has 0 saturated carbocycles. The van der Waals surface area contributed by atoms with Crippen molar-refractivity contribution >= 4 is 35.0 Å². The van der Waals surface area contributed by atoms with Crippen LogP contribution in [-0.4, -0.2) is 25.0 Å². The maximum Gasteiger partial charge on any atom is 0.316 e. The molecular formula is C13H12Cl2O4. The largest absolute Gasteiger partial charge is 0.491 e. The summed E-state index contributed by atoms with van der Waals surface area (Å²) < 4.78 is 10.3. The zero-order valence-corrected chi connectivity index (χ0v) is 11.8. The summed E-state index contributed by atoms with van der Waals surface area (Å²) in [4.78, 5) is 24.1. The average Bonchev–Trinajstić information content (AvgIpc) is 2.50. The Kier molecular flexibility index (Phi) is 4.32. The topological polar surface area (TPSA) is 52.6 Å². The fraction of sp³-hybridized carbons (Fsp3) is 0.385. The molecule has 0 amide bonds. The van der Waals surface area contributed by atoms with E-state index in [4.69, 9.17) is 32.7 Å². The van der Waals surface area contributed by atoms with Gasteiger partial charge >= 0.3 is 5.97 Å². The van der Waals surface area contributed by atoms with Crippen molar-refractivity contribution in [3.05, 3.63) is 27.7 Å². The van der Waals surface area contributed by atoms with Crippen molar-refractivity contribution in [1.29, 1.82) is 0 Å². The van der Waals surface area contributed by atoms with Crippen molar-refractivity contribution in [3.8, 4) is 5.75 Å². The predicted molar refractivity (Wildman–Crippen MR) is 71.0 cm³/mol. The van der Waals surface area contributed by atoms with Gasteiger partial charge in [0.1, 0.15) is 11.7 Å². The minimum Gasteiger partial charge on any atom is -0.491 e. The molecule has 102 valence electrons. The fourth-order valence-electron chi connectivity index (χ4n) is 1.96. The normalized spacial score (nSPS) is 18.3. The molecule has 0 N–H and O–H groups in total. The van der Waals surface area contributed by atoms with E-state index in [1.54, 1.807) is 6.92 Å². The first-order chi connectivity index (χ1) is 9.04. The highest BCUT2D eigenvalue weighted by Crippen LogP contribution is 2.36. The summed E-state index contributed by atoms with van der Waals surface area (Å²) in [5.74, 6) is -1.49. The van der Waals surface area contributed by atoms with E-state index in [1.165, 1.54) is 12.1 Å². The van der Waals surface area contributed by atoms with Crippen LogP contribution in [0.1, 0.15) is 23.7 Å². The van der Waals surface area contributed by atoms with Crippen LogP contribution in [0.4, 0.5) is 0 Å². The molecule has 0 bridgehead atoms. The van der Waals surface area contributed by atoms with Crippen molar-refractivity contribution in [3.63, 3.8) is 0 Å². The highest BCUT2D eigenvalue weighted by Gasteiger charge is 2.34. The van der Waals surface area contributed by atoms with E-state index in [-0.39, 0.29) is 41.8 Å². The van der Waals surface area contributed by atoms with Crippen LogP contribution in [-0.2, 0) is 9.53 Å². The summed E-state index contributed by atoms with van der Waals surface area (Å²) in [6, 6.07) is 2.96. The van der Waals surface area contributed by atoms with E-state index in [9.17, 15) is 9.59 Å². The van der Waals surface area contributed by atoms with E-state index in [0.29, 0.717) is 5.02 Å². The fourth-order valence-corrected chi connectivity index (χ4v) is 2.50. The van der Waals surface area contributed by atoms with Gasteiger partial charge in [-0.05, 0) is 19.1 Å². The van der Waals surface area contributed by atoms with Gasteiger partial charge in [0.2, 0.25) is 0 Å². The molecule has 1 aliphatic heterocycles. The number of hydrogen-bond acceptors (Lipinski definition) is 4. The van der Waals surface area contributed by atoms with E-state index in [0.717, 1.165) is 0 Å². The number of fused-ring (bicyclic) bond motifs is 1. The third-order valence-electron chi connectivity index (χ3n) is 2.81. The van der Waals surface area contributed by atoms with E-state index in [2.05, 4.69) is 0 Å². The van der Waals surface area contributed by atoms with Gasteiger partial charge in [0.15, 0.2) is 5.78 Å². The van der Waals surface area contributed by atoms with E-state index < -0.39 is 11.9 Å². The van der Waals surface area contributed by atoms with Crippen LogP contribution in [0.5, 0.6) is 5.75 Å². The number of carbonyl (C=O) groups excluding carboxylic acids is 2. The van der Waals surface area contributed by atoms with Crippen LogP contribution >= 0.6 is 23.2 Å².